The van der Waals surface area contributed by atoms with Crippen LogP contribution in [0.3, 0.4) is 0 Å². The number of alkyl halides is 4. The maximum Gasteiger partial charge on any atom is 0.417 e. The highest BCUT2D eigenvalue weighted by molar-refractivity contribution is 7.23. The fraction of sp³-hybridized carbons (Fsp3) is 0.419. The van der Waals surface area contributed by atoms with Gasteiger partial charge in [0.05, 0.1) is 21.4 Å². The number of nitrogens with zero attached hydrogens (tertiary/aromatic N) is 5. The molecule has 3 fully saturated rings. The normalized spacial score (nSPS) is 22.0. The molecule has 246 valence electrons. The first-order valence-corrected chi connectivity index (χ1v) is 15.8. The fourth-order valence-corrected chi connectivity index (χ4v) is 8.07. The number of nitrogens with two attached hydrogens (primary N) is 1. The first-order chi connectivity index (χ1) is 22.4. The summed E-state index contributed by atoms with van der Waals surface area (Å²) in [6.45, 7) is 1.30. The van der Waals surface area contributed by atoms with Crippen LogP contribution in [-0.2, 0) is 11.0 Å². The summed E-state index contributed by atoms with van der Waals surface area (Å²) >= 11 is 0.673. The highest BCUT2D eigenvalue weighted by Crippen LogP contribution is 2.48. The molecule has 2 aromatic heterocycles. The van der Waals surface area contributed by atoms with E-state index in [1.807, 2.05) is 4.90 Å². The average molecular weight is 676 g/mol. The van der Waals surface area contributed by atoms with Crippen molar-refractivity contribution in [1.82, 2.24) is 20.2 Å². The number of nitrogens with one attached hydrogen (secondary N) is 1. The van der Waals surface area contributed by atoms with Gasteiger partial charge >= 0.3 is 12.2 Å². The highest BCUT2D eigenvalue weighted by atomic mass is 32.1. The predicted molar refractivity (Wildman–Crippen MR) is 163 cm³/mol. The summed E-state index contributed by atoms with van der Waals surface area (Å²) in [4.78, 5) is 24.4. The number of benzene rings is 2. The Bertz CT molecular complexity index is 1980. The number of aromatic nitrogens is 2. The van der Waals surface area contributed by atoms with Crippen LogP contribution in [0.1, 0.15) is 36.8 Å². The number of amides is 1. The van der Waals surface area contributed by atoms with Crippen molar-refractivity contribution in [2.45, 2.75) is 43.6 Å². The van der Waals surface area contributed by atoms with Gasteiger partial charge in [0.1, 0.15) is 41.0 Å². The minimum Gasteiger partial charge on any atom is -0.461 e. The van der Waals surface area contributed by atoms with Crippen molar-refractivity contribution >= 4 is 49.1 Å². The van der Waals surface area contributed by atoms with Crippen LogP contribution in [0.5, 0.6) is 6.01 Å². The first kappa shape index (κ1) is 31.3. The van der Waals surface area contributed by atoms with Gasteiger partial charge in [0.15, 0.2) is 5.82 Å². The molecule has 0 radical (unpaired) electrons. The van der Waals surface area contributed by atoms with Gasteiger partial charge in [0, 0.05) is 55.4 Å². The minimum atomic E-state index is -5.11. The number of thiophene rings is 1. The fourth-order valence-electron chi connectivity index (χ4n) is 7.12. The molecule has 0 spiro atoms. The monoisotopic (exact) mass is 675 g/mol. The summed E-state index contributed by atoms with van der Waals surface area (Å²) in [6.07, 6.45) is -4.44. The molecule has 1 amide bonds. The van der Waals surface area contributed by atoms with E-state index < -0.39 is 46.2 Å². The summed E-state index contributed by atoms with van der Waals surface area (Å²) in [5.41, 5.74) is 1.80. The Kier molecular flexibility index (Phi) is 7.59. The van der Waals surface area contributed by atoms with Crippen LogP contribution >= 0.6 is 11.3 Å². The molecule has 0 bridgehead atoms. The van der Waals surface area contributed by atoms with Gasteiger partial charge in [-0.15, -0.1) is 11.3 Å². The number of fused-ring (bicyclic) bond motifs is 3. The number of rotatable bonds is 5. The van der Waals surface area contributed by atoms with Crippen LogP contribution in [0.2, 0.25) is 0 Å². The first-order valence-electron chi connectivity index (χ1n) is 15.0. The van der Waals surface area contributed by atoms with E-state index >= 15 is 4.39 Å². The van der Waals surface area contributed by atoms with E-state index in [4.69, 9.17) is 10.5 Å². The van der Waals surface area contributed by atoms with Gasteiger partial charge in [-0.2, -0.15) is 28.4 Å². The quantitative estimate of drug-likeness (QED) is 0.265. The van der Waals surface area contributed by atoms with E-state index in [2.05, 4.69) is 15.3 Å². The van der Waals surface area contributed by atoms with Gasteiger partial charge in [-0.25, -0.2) is 13.2 Å². The Morgan fingerprint density at radius 2 is 2.02 bits per heavy atom. The molecule has 2 aromatic carbocycles. The largest absolute Gasteiger partial charge is 0.461 e. The van der Waals surface area contributed by atoms with Crippen LogP contribution in [0, 0.1) is 23.0 Å². The highest BCUT2D eigenvalue weighted by Gasteiger charge is 2.49. The Morgan fingerprint density at radius 1 is 1.21 bits per heavy atom. The molecule has 3 aliphatic rings. The molecule has 0 saturated carbocycles. The maximum absolute atomic E-state index is 16.9. The van der Waals surface area contributed by atoms with Crippen LogP contribution in [0.15, 0.2) is 18.2 Å². The van der Waals surface area contributed by atoms with Gasteiger partial charge < -0.3 is 20.7 Å². The zero-order valence-corrected chi connectivity index (χ0v) is 25.5. The van der Waals surface area contributed by atoms with Crippen LogP contribution in [0.4, 0.5) is 37.2 Å². The molecule has 3 saturated heterocycles. The Labute approximate surface area is 267 Å². The molecule has 4 aromatic rings. The molecule has 47 heavy (non-hydrogen) atoms. The number of carbonyl (C=O) groups excluding carboxylic acids is 1. The summed E-state index contributed by atoms with van der Waals surface area (Å²) in [5, 5.41) is 11.8. The van der Waals surface area contributed by atoms with Gasteiger partial charge in [-0.1, -0.05) is 6.07 Å². The van der Waals surface area contributed by atoms with Gasteiger partial charge in [-0.3, -0.25) is 9.69 Å². The number of nitriles is 1. The number of nitrogen functional groups attached to an aromatic ring is 1. The van der Waals surface area contributed by atoms with E-state index in [0.29, 0.717) is 24.3 Å². The lowest BCUT2D eigenvalue weighted by atomic mass is 9.92. The second-order valence-corrected chi connectivity index (χ2v) is 13.1. The van der Waals surface area contributed by atoms with Gasteiger partial charge in [0.2, 0.25) is 5.91 Å². The number of carbonyl (C=O) groups is 1. The Morgan fingerprint density at radius 3 is 2.79 bits per heavy atom. The lowest BCUT2D eigenvalue weighted by Gasteiger charge is -2.31. The summed E-state index contributed by atoms with van der Waals surface area (Å²) in [6, 6.07) is 4.08. The third kappa shape index (κ3) is 5.25. The lowest BCUT2D eigenvalue weighted by Crippen LogP contribution is -2.43. The van der Waals surface area contributed by atoms with Crippen molar-refractivity contribution in [3.63, 3.8) is 0 Å². The third-order valence-electron chi connectivity index (χ3n) is 9.24. The Hall–Kier alpha value is -4.36. The maximum atomic E-state index is 16.9. The molecule has 0 aliphatic carbocycles. The van der Waals surface area contributed by atoms with Crippen molar-refractivity contribution in [1.29, 1.82) is 5.26 Å². The molecule has 5 heterocycles. The van der Waals surface area contributed by atoms with Gasteiger partial charge in [-0.05, 0) is 37.1 Å². The van der Waals surface area contributed by atoms with E-state index in [0.717, 1.165) is 24.6 Å². The standard InChI is InChI=1S/C31H27F6N7O2S/c32-15-11-30(5-1-7-44(30)13-15)14-46-29-41-25-17(28(42-29)43-8-4-21(45)40-6-9-43)10-19(31(35,36)37)23(24(25)34)16-2-3-20(33)26-22(16)18(12-38)27(39)47-26/h2-3,10,15H,1,4-9,11,13-14,39H2,(H,40,45). The molecular formula is C31H27F6N7O2S. The number of hydrogen-bond donors (Lipinski definition) is 2. The zero-order chi connectivity index (χ0) is 33.2. The molecule has 9 nitrogen and oxygen atoms in total. The molecule has 3 N–H and O–H groups in total. The summed E-state index contributed by atoms with van der Waals surface area (Å²) in [7, 11) is 0. The topological polar surface area (TPSA) is 120 Å². The summed E-state index contributed by atoms with van der Waals surface area (Å²) in [5.74, 6) is -2.56. The molecule has 2 unspecified atom stereocenters. The van der Waals surface area contributed by atoms with E-state index in [9.17, 15) is 32.0 Å². The summed E-state index contributed by atoms with van der Waals surface area (Å²) < 4.78 is 96.5. The van der Waals surface area contributed by atoms with Crippen molar-refractivity contribution in [2.75, 3.05) is 50.0 Å². The molecule has 7 rings (SSSR count). The molecule has 16 heteroatoms. The predicted octanol–water partition coefficient (Wildman–Crippen LogP) is 5.54. The van der Waals surface area contributed by atoms with Crippen molar-refractivity contribution in [3.05, 3.63) is 41.0 Å². The van der Waals surface area contributed by atoms with Crippen LogP contribution in [0.25, 0.3) is 32.1 Å². The molecular weight excluding hydrogens is 648 g/mol. The number of ether oxygens (including phenoxy) is 1. The second-order valence-electron chi connectivity index (χ2n) is 12.0. The van der Waals surface area contributed by atoms with Crippen molar-refractivity contribution in [3.8, 4) is 23.2 Å². The average Bonchev–Trinajstić information content (AvgIpc) is 3.60. The van der Waals surface area contributed by atoms with E-state index in [1.54, 1.807) is 11.0 Å². The second kappa shape index (κ2) is 11.4. The van der Waals surface area contributed by atoms with Crippen LogP contribution < -0.4 is 20.7 Å². The molecule has 2 atom stereocenters. The van der Waals surface area contributed by atoms with Gasteiger partial charge in [0.25, 0.3) is 0 Å². The van der Waals surface area contributed by atoms with E-state index in [-0.39, 0.29) is 95.0 Å². The number of hydrogen-bond acceptors (Lipinski definition) is 9. The zero-order valence-electron chi connectivity index (χ0n) is 24.7. The Balaban J connectivity index is 1.46. The van der Waals surface area contributed by atoms with Crippen molar-refractivity contribution in [2.24, 2.45) is 0 Å². The smallest absolute Gasteiger partial charge is 0.417 e. The van der Waals surface area contributed by atoms with Crippen molar-refractivity contribution < 1.29 is 35.9 Å². The third-order valence-corrected chi connectivity index (χ3v) is 10.3. The molecule has 3 aliphatic heterocycles. The number of halogens is 6. The van der Waals surface area contributed by atoms with Crippen LogP contribution in [-0.4, -0.2) is 71.8 Å². The minimum absolute atomic E-state index is 0.00835. The van der Waals surface area contributed by atoms with E-state index in [1.165, 1.54) is 0 Å². The lowest BCUT2D eigenvalue weighted by molar-refractivity contribution is -0.137. The number of anilines is 2. The SMILES string of the molecule is N#Cc1c(N)sc2c(F)ccc(-c3c(C(F)(F)F)cc4c(N5CCNC(=O)CC5)nc(OCC56CCCN5CC(F)C6)nc4c3F)c12.